The quantitative estimate of drug-likeness (QED) is 0.392. The topological polar surface area (TPSA) is 66.8 Å². The minimum atomic E-state index is -1.60. The molecular weight excluding hydrogens is 292 g/mol. The fraction of sp³-hybridized carbons (Fsp3) is 0.842. The SMILES string of the molecule is CCCCCCCCCCCCC(O)C1=CC(=O)OC1(O)CC. The third-order valence-electron chi connectivity index (χ3n) is 4.66. The number of cyclic esters (lactones) is 1. The Labute approximate surface area is 140 Å². The molecule has 0 amide bonds. The Balaban J connectivity index is 2.09. The maximum Gasteiger partial charge on any atom is 0.333 e. The van der Waals surface area contributed by atoms with Gasteiger partial charge in [0.1, 0.15) is 0 Å². The second kappa shape index (κ2) is 10.8. The third kappa shape index (κ3) is 7.05. The number of carbonyl (C=O) groups is 1. The number of carbonyl (C=O) groups excluding carboxylic acids is 1. The van der Waals surface area contributed by atoms with E-state index in [1.54, 1.807) is 6.92 Å². The van der Waals surface area contributed by atoms with Crippen molar-refractivity contribution in [3.63, 3.8) is 0 Å². The van der Waals surface area contributed by atoms with Gasteiger partial charge in [-0.3, -0.25) is 0 Å². The second-order valence-corrected chi connectivity index (χ2v) is 6.65. The van der Waals surface area contributed by atoms with E-state index in [9.17, 15) is 15.0 Å². The van der Waals surface area contributed by atoms with Crippen LogP contribution in [0.4, 0.5) is 0 Å². The summed E-state index contributed by atoms with van der Waals surface area (Å²) in [5, 5.41) is 20.4. The van der Waals surface area contributed by atoms with Crippen LogP contribution in [0.25, 0.3) is 0 Å². The Morgan fingerprint density at radius 1 is 1.00 bits per heavy atom. The molecule has 0 fully saturated rings. The lowest BCUT2D eigenvalue weighted by Gasteiger charge is -2.26. The van der Waals surface area contributed by atoms with Crippen LogP contribution in [0.1, 0.15) is 90.9 Å². The molecule has 0 radical (unpaired) electrons. The Morgan fingerprint density at radius 2 is 1.52 bits per heavy atom. The fourth-order valence-electron chi connectivity index (χ4n) is 3.11. The summed E-state index contributed by atoms with van der Waals surface area (Å²) in [5.41, 5.74) is 0.320. The van der Waals surface area contributed by atoms with Crippen LogP contribution in [0.2, 0.25) is 0 Å². The average Bonchev–Trinajstić information content (AvgIpc) is 2.84. The number of ether oxygens (including phenoxy) is 1. The van der Waals surface area contributed by atoms with Gasteiger partial charge in [-0.15, -0.1) is 0 Å². The lowest BCUT2D eigenvalue weighted by Crippen LogP contribution is -2.35. The van der Waals surface area contributed by atoms with Crippen LogP contribution in [0.5, 0.6) is 0 Å². The van der Waals surface area contributed by atoms with Crippen molar-refractivity contribution < 1.29 is 19.7 Å². The zero-order valence-electron chi connectivity index (χ0n) is 14.9. The Morgan fingerprint density at radius 3 is 2.04 bits per heavy atom. The summed E-state index contributed by atoms with van der Waals surface area (Å²) in [6, 6.07) is 0. The highest BCUT2D eigenvalue weighted by molar-refractivity contribution is 5.86. The molecule has 134 valence electrons. The molecule has 4 nitrogen and oxygen atoms in total. The predicted octanol–water partition coefficient (Wildman–Crippen LogP) is 4.24. The molecule has 0 aliphatic carbocycles. The summed E-state index contributed by atoms with van der Waals surface area (Å²) in [4.78, 5) is 11.3. The fourth-order valence-corrected chi connectivity index (χ4v) is 3.11. The first-order valence-electron chi connectivity index (χ1n) is 9.39. The molecule has 0 saturated heterocycles. The molecule has 2 unspecified atom stereocenters. The minimum Gasteiger partial charge on any atom is -0.426 e. The van der Waals surface area contributed by atoms with E-state index in [4.69, 9.17) is 4.74 Å². The standard InChI is InChI=1S/C19H34O4/c1-3-5-6-7-8-9-10-11-12-13-14-17(20)16-15-18(21)23-19(16,22)4-2/h15,17,20,22H,3-14H2,1-2H3. The molecule has 1 aliphatic rings. The zero-order chi connectivity index (χ0) is 17.1. The van der Waals surface area contributed by atoms with Crippen molar-refractivity contribution in [3.05, 3.63) is 11.6 Å². The van der Waals surface area contributed by atoms with Gasteiger partial charge in [0.2, 0.25) is 5.79 Å². The maximum absolute atomic E-state index is 11.3. The van der Waals surface area contributed by atoms with Crippen LogP contribution in [0.15, 0.2) is 11.6 Å². The highest BCUT2D eigenvalue weighted by Gasteiger charge is 2.42. The first kappa shape index (κ1) is 20.2. The molecule has 0 aromatic heterocycles. The van der Waals surface area contributed by atoms with Crippen molar-refractivity contribution in [3.8, 4) is 0 Å². The van der Waals surface area contributed by atoms with Gasteiger partial charge >= 0.3 is 5.97 Å². The second-order valence-electron chi connectivity index (χ2n) is 6.65. The van der Waals surface area contributed by atoms with E-state index in [2.05, 4.69) is 6.92 Å². The van der Waals surface area contributed by atoms with E-state index in [-0.39, 0.29) is 6.42 Å². The molecule has 2 atom stereocenters. The van der Waals surface area contributed by atoms with Crippen LogP contribution >= 0.6 is 0 Å². The molecule has 0 spiro atoms. The predicted molar refractivity (Wildman–Crippen MR) is 91.9 cm³/mol. The first-order valence-corrected chi connectivity index (χ1v) is 9.39. The van der Waals surface area contributed by atoms with Crippen molar-refractivity contribution in [2.24, 2.45) is 0 Å². The Hall–Kier alpha value is -0.870. The normalized spacial score (nSPS) is 22.1. The molecule has 0 aromatic carbocycles. The summed E-state index contributed by atoms with van der Waals surface area (Å²) in [6.07, 6.45) is 13.7. The van der Waals surface area contributed by atoms with Crippen LogP contribution in [0, 0.1) is 0 Å². The largest absolute Gasteiger partial charge is 0.426 e. The van der Waals surface area contributed by atoms with Crippen LogP contribution < -0.4 is 0 Å². The van der Waals surface area contributed by atoms with E-state index >= 15 is 0 Å². The molecule has 23 heavy (non-hydrogen) atoms. The molecule has 0 aromatic rings. The van der Waals surface area contributed by atoms with Crippen molar-refractivity contribution in [2.75, 3.05) is 0 Å². The van der Waals surface area contributed by atoms with Crippen molar-refractivity contribution in [2.45, 2.75) is 103 Å². The van der Waals surface area contributed by atoms with Gasteiger partial charge < -0.3 is 14.9 Å². The van der Waals surface area contributed by atoms with E-state index in [0.717, 1.165) is 12.8 Å². The van der Waals surface area contributed by atoms with E-state index < -0.39 is 17.9 Å². The average molecular weight is 326 g/mol. The van der Waals surface area contributed by atoms with Gasteiger partial charge in [-0.05, 0) is 6.42 Å². The third-order valence-corrected chi connectivity index (χ3v) is 4.66. The summed E-state index contributed by atoms with van der Waals surface area (Å²) < 4.78 is 4.90. The number of unbranched alkanes of at least 4 members (excludes halogenated alkanes) is 9. The van der Waals surface area contributed by atoms with Gasteiger partial charge in [-0.2, -0.15) is 0 Å². The lowest BCUT2D eigenvalue weighted by molar-refractivity contribution is -0.184. The van der Waals surface area contributed by atoms with Crippen LogP contribution in [-0.2, 0) is 9.53 Å². The molecule has 1 aliphatic heterocycles. The zero-order valence-corrected chi connectivity index (χ0v) is 14.9. The first-order chi connectivity index (χ1) is 11.0. The van der Waals surface area contributed by atoms with Crippen molar-refractivity contribution in [1.29, 1.82) is 0 Å². The number of aliphatic hydroxyl groups is 2. The number of esters is 1. The number of hydrogen-bond donors (Lipinski definition) is 2. The van der Waals surface area contributed by atoms with E-state index in [1.807, 2.05) is 0 Å². The monoisotopic (exact) mass is 326 g/mol. The van der Waals surface area contributed by atoms with Gasteiger partial charge in [-0.25, -0.2) is 4.79 Å². The Kier molecular flexibility index (Phi) is 9.49. The maximum atomic E-state index is 11.3. The molecule has 2 N–H and O–H groups in total. The van der Waals surface area contributed by atoms with Crippen LogP contribution in [0.3, 0.4) is 0 Å². The summed E-state index contributed by atoms with van der Waals surface area (Å²) in [5.74, 6) is -2.17. The number of rotatable bonds is 13. The highest BCUT2D eigenvalue weighted by Crippen LogP contribution is 2.32. The summed E-state index contributed by atoms with van der Waals surface area (Å²) in [7, 11) is 0. The van der Waals surface area contributed by atoms with Crippen molar-refractivity contribution in [1.82, 2.24) is 0 Å². The van der Waals surface area contributed by atoms with Crippen molar-refractivity contribution >= 4 is 5.97 Å². The number of aliphatic hydroxyl groups excluding tert-OH is 1. The molecule has 1 rings (SSSR count). The Bertz CT molecular complexity index is 378. The van der Waals surface area contributed by atoms with E-state index in [1.165, 1.54) is 57.4 Å². The summed E-state index contributed by atoms with van der Waals surface area (Å²) in [6.45, 7) is 3.97. The van der Waals surface area contributed by atoms with Crippen LogP contribution in [-0.4, -0.2) is 28.1 Å². The molecule has 0 saturated carbocycles. The smallest absolute Gasteiger partial charge is 0.333 e. The molecule has 4 heteroatoms. The van der Waals surface area contributed by atoms with Gasteiger partial charge in [0.05, 0.1) is 6.10 Å². The lowest BCUT2D eigenvalue weighted by atomic mass is 9.95. The minimum absolute atomic E-state index is 0.264. The van der Waals surface area contributed by atoms with Gasteiger partial charge in [0.25, 0.3) is 0 Å². The highest BCUT2D eigenvalue weighted by atomic mass is 16.7. The van der Waals surface area contributed by atoms with Gasteiger partial charge in [-0.1, -0.05) is 78.1 Å². The van der Waals surface area contributed by atoms with Gasteiger partial charge in [0.15, 0.2) is 0 Å². The summed E-state index contributed by atoms with van der Waals surface area (Å²) >= 11 is 0. The molecule has 1 heterocycles. The molecule has 0 bridgehead atoms. The van der Waals surface area contributed by atoms with E-state index in [0.29, 0.717) is 12.0 Å². The van der Waals surface area contributed by atoms with Gasteiger partial charge in [0, 0.05) is 18.1 Å². The molecular formula is C19H34O4. The number of hydrogen-bond acceptors (Lipinski definition) is 4.